The van der Waals surface area contributed by atoms with Gasteiger partial charge in [-0.2, -0.15) is 10.2 Å². The second kappa shape index (κ2) is 7.57. The highest BCUT2D eigenvalue weighted by atomic mass is 15.2. The molecule has 1 heterocycles. The zero-order valence-electron chi connectivity index (χ0n) is 12.3. The van der Waals surface area contributed by atoms with Crippen LogP contribution in [0.25, 0.3) is 0 Å². The molecule has 0 amide bonds. The zero-order valence-corrected chi connectivity index (χ0v) is 12.3. The second-order valence-electron chi connectivity index (χ2n) is 4.70. The predicted octanol–water partition coefficient (Wildman–Crippen LogP) is 2.59. The first kappa shape index (κ1) is 15.2. The van der Waals surface area contributed by atoms with Gasteiger partial charge in [0.15, 0.2) is 0 Å². The van der Waals surface area contributed by atoms with Crippen LogP contribution in [-0.2, 0) is 0 Å². The van der Waals surface area contributed by atoms with Crippen LogP contribution in [-0.4, -0.2) is 29.6 Å². The van der Waals surface area contributed by atoms with Gasteiger partial charge in [0, 0.05) is 31.4 Å². The average Bonchev–Trinajstić information content (AvgIpc) is 2.43. The lowest BCUT2D eigenvalue weighted by Gasteiger charge is -2.24. The maximum absolute atomic E-state index is 8.94. The fourth-order valence-electron chi connectivity index (χ4n) is 1.81. The van der Waals surface area contributed by atoms with Gasteiger partial charge in [0.05, 0.1) is 12.0 Å². The summed E-state index contributed by atoms with van der Waals surface area (Å²) in [5.41, 5.74) is 1.04. The topological polar surface area (TPSA) is 64.8 Å². The van der Waals surface area contributed by atoms with Crippen LogP contribution in [0, 0.1) is 24.2 Å². The van der Waals surface area contributed by atoms with Crippen molar-refractivity contribution in [3.05, 3.63) is 11.8 Å². The second-order valence-corrected chi connectivity index (χ2v) is 4.70. The van der Waals surface area contributed by atoms with Crippen LogP contribution in [0.1, 0.15) is 32.8 Å². The SMILES string of the molecule is CCCNc1ncc(C)c(N(CC)CC(C)C#N)n1. The third-order valence-electron chi connectivity index (χ3n) is 2.87. The summed E-state index contributed by atoms with van der Waals surface area (Å²) in [6.07, 6.45) is 2.87. The molecule has 104 valence electrons. The van der Waals surface area contributed by atoms with Gasteiger partial charge in [0.1, 0.15) is 5.82 Å². The first-order valence-electron chi connectivity index (χ1n) is 6.84. The summed E-state index contributed by atoms with van der Waals surface area (Å²) in [6, 6.07) is 2.27. The minimum Gasteiger partial charge on any atom is -0.355 e. The quantitative estimate of drug-likeness (QED) is 0.817. The number of hydrogen-bond acceptors (Lipinski definition) is 5. The molecule has 0 radical (unpaired) electrons. The fourth-order valence-corrected chi connectivity index (χ4v) is 1.81. The molecule has 1 aromatic heterocycles. The molecule has 0 saturated heterocycles. The molecular weight excluding hydrogens is 238 g/mol. The van der Waals surface area contributed by atoms with E-state index < -0.39 is 0 Å². The fraction of sp³-hybridized carbons (Fsp3) is 0.643. The summed E-state index contributed by atoms with van der Waals surface area (Å²) in [5, 5.41) is 12.1. The van der Waals surface area contributed by atoms with E-state index >= 15 is 0 Å². The molecule has 0 fully saturated rings. The Bertz CT molecular complexity index is 438. The summed E-state index contributed by atoms with van der Waals surface area (Å²) in [7, 11) is 0. The van der Waals surface area contributed by atoms with E-state index in [4.69, 9.17) is 5.26 Å². The highest BCUT2D eigenvalue weighted by Gasteiger charge is 2.13. The Morgan fingerprint density at radius 2 is 2.21 bits per heavy atom. The lowest BCUT2D eigenvalue weighted by atomic mass is 10.2. The molecule has 0 spiro atoms. The van der Waals surface area contributed by atoms with E-state index in [1.165, 1.54) is 0 Å². The number of hydrogen-bond donors (Lipinski definition) is 1. The highest BCUT2D eigenvalue weighted by Crippen LogP contribution is 2.19. The van der Waals surface area contributed by atoms with Gasteiger partial charge >= 0.3 is 0 Å². The predicted molar refractivity (Wildman–Crippen MR) is 78.2 cm³/mol. The van der Waals surface area contributed by atoms with Crippen molar-refractivity contribution in [1.29, 1.82) is 5.26 Å². The third kappa shape index (κ3) is 4.40. The molecule has 0 aromatic carbocycles. The van der Waals surface area contributed by atoms with Crippen molar-refractivity contribution in [3.63, 3.8) is 0 Å². The van der Waals surface area contributed by atoms with Gasteiger partial charge < -0.3 is 10.2 Å². The lowest BCUT2D eigenvalue weighted by Crippen LogP contribution is -2.29. The maximum Gasteiger partial charge on any atom is 0.224 e. The molecule has 5 nitrogen and oxygen atoms in total. The summed E-state index contributed by atoms with van der Waals surface area (Å²) < 4.78 is 0. The van der Waals surface area contributed by atoms with Crippen molar-refractivity contribution in [2.75, 3.05) is 29.9 Å². The van der Waals surface area contributed by atoms with Crippen LogP contribution in [0.3, 0.4) is 0 Å². The zero-order chi connectivity index (χ0) is 14.3. The number of nitrogens with zero attached hydrogens (tertiary/aromatic N) is 4. The minimum absolute atomic E-state index is 0.0126. The molecular formula is C14H23N5. The monoisotopic (exact) mass is 261 g/mol. The molecule has 0 aliphatic carbocycles. The maximum atomic E-state index is 8.94. The summed E-state index contributed by atoms with van der Waals surface area (Å²) in [4.78, 5) is 11.0. The van der Waals surface area contributed by atoms with Gasteiger partial charge in [-0.05, 0) is 27.2 Å². The Labute approximate surface area is 115 Å². The molecule has 0 bridgehead atoms. The van der Waals surface area contributed by atoms with Crippen molar-refractivity contribution >= 4 is 11.8 Å². The number of aryl methyl sites for hydroxylation is 1. The van der Waals surface area contributed by atoms with Gasteiger partial charge in [0.2, 0.25) is 5.95 Å². The molecule has 19 heavy (non-hydrogen) atoms. The van der Waals surface area contributed by atoms with Crippen molar-refractivity contribution in [2.45, 2.75) is 34.1 Å². The lowest BCUT2D eigenvalue weighted by molar-refractivity contribution is 0.677. The minimum atomic E-state index is -0.0126. The third-order valence-corrected chi connectivity index (χ3v) is 2.87. The van der Waals surface area contributed by atoms with Crippen molar-refractivity contribution in [1.82, 2.24) is 9.97 Å². The largest absolute Gasteiger partial charge is 0.355 e. The summed E-state index contributed by atoms with van der Waals surface area (Å²) in [6.45, 7) is 10.5. The number of anilines is 2. The number of aromatic nitrogens is 2. The van der Waals surface area contributed by atoms with Crippen LogP contribution in [0.15, 0.2) is 6.20 Å². The Morgan fingerprint density at radius 1 is 1.47 bits per heavy atom. The molecule has 5 heteroatoms. The molecule has 0 aliphatic heterocycles. The number of nitriles is 1. The van der Waals surface area contributed by atoms with Crippen LogP contribution < -0.4 is 10.2 Å². The number of nitrogens with one attached hydrogen (secondary N) is 1. The van der Waals surface area contributed by atoms with Crippen molar-refractivity contribution in [3.8, 4) is 6.07 Å². The highest BCUT2D eigenvalue weighted by molar-refractivity contribution is 5.49. The normalized spacial score (nSPS) is 11.7. The van der Waals surface area contributed by atoms with Gasteiger partial charge in [-0.1, -0.05) is 6.92 Å². The standard InChI is InChI=1S/C14H23N5/c1-5-7-16-14-17-9-12(4)13(18-14)19(6-2)10-11(3)8-15/h9,11H,5-7,10H2,1-4H3,(H,16,17,18). The van der Waals surface area contributed by atoms with Crippen LogP contribution >= 0.6 is 0 Å². The molecule has 0 aliphatic rings. The summed E-state index contributed by atoms with van der Waals surface area (Å²) >= 11 is 0. The Hall–Kier alpha value is -1.83. The van der Waals surface area contributed by atoms with Crippen LogP contribution in [0.4, 0.5) is 11.8 Å². The molecule has 0 saturated carbocycles. The molecule has 1 rings (SSSR count). The van der Waals surface area contributed by atoms with Gasteiger partial charge in [-0.3, -0.25) is 0 Å². The Kier molecular flexibility index (Phi) is 6.07. The smallest absolute Gasteiger partial charge is 0.224 e. The van der Waals surface area contributed by atoms with Gasteiger partial charge in [-0.15, -0.1) is 0 Å². The molecule has 1 atom stereocenters. The van der Waals surface area contributed by atoms with E-state index in [0.29, 0.717) is 12.5 Å². The van der Waals surface area contributed by atoms with E-state index in [1.54, 1.807) is 0 Å². The molecule has 1 unspecified atom stereocenters. The van der Waals surface area contributed by atoms with Crippen molar-refractivity contribution < 1.29 is 0 Å². The Balaban J connectivity index is 2.92. The van der Waals surface area contributed by atoms with E-state index in [-0.39, 0.29) is 5.92 Å². The van der Waals surface area contributed by atoms with E-state index in [9.17, 15) is 0 Å². The van der Waals surface area contributed by atoms with E-state index in [1.807, 2.05) is 20.0 Å². The average molecular weight is 261 g/mol. The van der Waals surface area contributed by atoms with Gasteiger partial charge in [0.25, 0.3) is 0 Å². The van der Waals surface area contributed by atoms with Crippen molar-refractivity contribution in [2.24, 2.45) is 5.92 Å². The summed E-state index contributed by atoms with van der Waals surface area (Å²) in [5.74, 6) is 1.56. The molecule has 1 N–H and O–H groups in total. The van der Waals surface area contributed by atoms with E-state index in [2.05, 4.69) is 40.1 Å². The number of rotatable bonds is 7. The van der Waals surface area contributed by atoms with Crippen LogP contribution in [0.2, 0.25) is 0 Å². The van der Waals surface area contributed by atoms with E-state index in [0.717, 1.165) is 30.9 Å². The molecule has 1 aromatic rings. The Morgan fingerprint density at radius 3 is 2.79 bits per heavy atom. The van der Waals surface area contributed by atoms with Crippen LogP contribution in [0.5, 0.6) is 0 Å². The first-order chi connectivity index (χ1) is 9.12. The van der Waals surface area contributed by atoms with Gasteiger partial charge in [-0.25, -0.2) is 4.98 Å². The first-order valence-corrected chi connectivity index (χ1v) is 6.84.